The Bertz CT molecular complexity index is 396. The van der Waals surface area contributed by atoms with Crippen LogP contribution in [0.4, 0.5) is 4.39 Å². The van der Waals surface area contributed by atoms with Gasteiger partial charge in [-0.3, -0.25) is 0 Å². The van der Waals surface area contributed by atoms with Crippen LogP contribution in [-0.4, -0.2) is 23.9 Å². The smallest absolute Gasteiger partial charge is 0.165 e. The molecule has 108 valence electrons. The summed E-state index contributed by atoms with van der Waals surface area (Å²) in [6.07, 6.45) is -0.0277. The van der Waals surface area contributed by atoms with Crippen LogP contribution < -0.4 is 10.1 Å². The molecule has 1 rings (SSSR count). The third-order valence-electron chi connectivity index (χ3n) is 3.15. The average Bonchev–Trinajstić information content (AvgIpc) is 2.37. The number of hydrogen-bond acceptors (Lipinski definition) is 3. The maximum Gasteiger partial charge on any atom is 0.165 e. The molecule has 0 bridgehead atoms. The van der Waals surface area contributed by atoms with E-state index in [0.717, 1.165) is 18.5 Å². The SMILES string of the molecule is CCCNC(C)c1ccc(OC(C)C(C)O)c(F)c1. The van der Waals surface area contributed by atoms with Crippen molar-refractivity contribution in [2.24, 2.45) is 0 Å². The maximum atomic E-state index is 13.9. The number of ether oxygens (including phenoxy) is 1. The molecular weight excluding hydrogens is 245 g/mol. The second kappa shape index (κ2) is 7.46. The molecule has 1 aromatic rings. The summed E-state index contributed by atoms with van der Waals surface area (Å²) in [7, 11) is 0. The van der Waals surface area contributed by atoms with Crippen LogP contribution in [0.3, 0.4) is 0 Å². The number of halogens is 1. The third kappa shape index (κ3) is 4.80. The van der Waals surface area contributed by atoms with Crippen molar-refractivity contribution in [3.8, 4) is 5.75 Å². The Morgan fingerprint density at radius 2 is 2.00 bits per heavy atom. The van der Waals surface area contributed by atoms with Crippen molar-refractivity contribution in [1.29, 1.82) is 0 Å². The van der Waals surface area contributed by atoms with Gasteiger partial charge in [0.15, 0.2) is 11.6 Å². The topological polar surface area (TPSA) is 41.5 Å². The first kappa shape index (κ1) is 15.9. The van der Waals surface area contributed by atoms with Crippen LogP contribution in [-0.2, 0) is 0 Å². The molecule has 0 spiro atoms. The number of aliphatic hydroxyl groups is 1. The summed E-state index contributed by atoms with van der Waals surface area (Å²) in [6, 6.07) is 5.06. The van der Waals surface area contributed by atoms with Gasteiger partial charge in [-0.15, -0.1) is 0 Å². The van der Waals surface area contributed by atoms with Gasteiger partial charge in [0.05, 0.1) is 6.10 Å². The molecule has 3 atom stereocenters. The van der Waals surface area contributed by atoms with E-state index >= 15 is 0 Å². The molecule has 3 unspecified atom stereocenters. The fourth-order valence-corrected chi connectivity index (χ4v) is 1.66. The molecule has 0 saturated heterocycles. The lowest BCUT2D eigenvalue weighted by Gasteiger charge is -2.19. The quantitative estimate of drug-likeness (QED) is 0.799. The van der Waals surface area contributed by atoms with Crippen LogP contribution in [0.25, 0.3) is 0 Å². The highest BCUT2D eigenvalue weighted by molar-refractivity contribution is 5.31. The van der Waals surface area contributed by atoms with Gasteiger partial charge in [0.25, 0.3) is 0 Å². The van der Waals surface area contributed by atoms with Crippen molar-refractivity contribution in [2.45, 2.75) is 52.4 Å². The Labute approximate surface area is 114 Å². The van der Waals surface area contributed by atoms with E-state index in [1.54, 1.807) is 19.9 Å². The molecule has 2 N–H and O–H groups in total. The number of nitrogens with one attached hydrogen (secondary N) is 1. The molecule has 0 fully saturated rings. The van der Waals surface area contributed by atoms with Crippen LogP contribution in [0, 0.1) is 5.82 Å². The van der Waals surface area contributed by atoms with E-state index in [1.807, 2.05) is 13.0 Å². The molecule has 0 aliphatic heterocycles. The predicted molar refractivity (Wildman–Crippen MR) is 74.9 cm³/mol. The lowest BCUT2D eigenvalue weighted by molar-refractivity contribution is 0.0579. The van der Waals surface area contributed by atoms with Gasteiger partial charge in [-0.25, -0.2) is 4.39 Å². The maximum absolute atomic E-state index is 13.9. The van der Waals surface area contributed by atoms with Gasteiger partial charge in [0.2, 0.25) is 0 Å². The van der Waals surface area contributed by atoms with Crippen molar-refractivity contribution in [3.63, 3.8) is 0 Å². The van der Waals surface area contributed by atoms with E-state index in [2.05, 4.69) is 12.2 Å². The van der Waals surface area contributed by atoms with Gasteiger partial charge in [-0.1, -0.05) is 13.0 Å². The molecule has 0 aliphatic carbocycles. The zero-order chi connectivity index (χ0) is 14.4. The minimum Gasteiger partial charge on any atom is -0.485 e. The van der Waals surface area contributed by atoms with Gasteiger partial charge in [0.1, 0.15) is 6.10 Å². The van der Waals surface area contributed by atoms with Crippen molar-refractivity contribution in [3.05, 3.63) is 29.6 Å². The van der Waals surface area contributed by atoms with Crippen LogP contribution in [0.15, 0.2) is 18.2 Å². The summed E-state index contributed by atoms with van der Waals surface area (Å²) in [6.45, 7) is 8.33. The minimum atomic E-state index is -0.635. The fraction of sp³-hybridized carbons (Fsp3) is 0.600. The fourth-order valence-electron chi connectivity index (χ4n) is 1.66. The van der Waals surface area contributed by atoms with Crippen molar-refractivity contribution in [2.75, 3.05) is 6.54 Å². The second-order valence-electron chi connectivity index (χ2n) is 4.93. The molecule has 0 heterocycles. The number of aliphatic hydroxyl groups excluding tert-OH is 1. The van der Waals surface area contributed by atoms with Gasteiger partial charge < -0.3 is 15.2 Å². The first-order valence-corrected chi connectivity index (χ1v) is 6.83. The number of rotatable bonds is 7. The largest absolute Gasteiger partial charge is 0.485 e. The number of benzene rings is 1. The highest BCUT2D eigenvalue weighted by Crippen LogP contribution is 2.23. The van der Waals surface area contributed by atoms with Crippen molar-refractivity contribution < 1.29 is 14.2 Å². The summed E-state index contributed by atoms with van der Waals surface area (Å²) in [5.74, 6) is -0.213. The lowest BCUT2D eigenvalue weighted by Crippen LogP contribution is -2.26. The van der Waals surface area contributed by atoms with E-state index in [-0.39, 0.29) is 11.8 Å². The Balaban J connectivity index is 2.74. The Morgan fingerprint density at radius 3 is 2.53 bits per heavy atom. The number of hydrogen-bond donors (Lipinski definition) is 2. The van der Waals surface area contributed by atoms with E-state index < -0.39 is 18.0 Å². The third-order valence-corrected chi connectivity index (χ3v) is 3.15. The molecule has 0 aliphatic rings. The molecule has 19 heavy (non-hydrogen) atoms. The summed E-state index contributed by atoms with van der Waals surface area (Å²) in [5.41, 5.74) is 0.892. The van der Waals surface area contributed by atoms with Crippen LogP contribution in [0.2, 0.25) is 0 Å². The summed E-state index contributed by atoms with van der Waals surface area (Å²) in [5, 5.41) is 12.7. The highest BCUT2D eigenvalue weighted by atomic mass is 19.1. The molecule has 0 saturated carbocycles. The Hall–Kier alpha value is -1.13. The standard InChI is InChI=1S/C15H24FNO2/c1-5-8-17-10(2)13-6-7-15(14(16)9-13)19-12(4)11(3)18/h6-7,9-12,17-18H,5,8H2,1-4H3. The van der Waals surface area contributed by atoms with Crippen LogP contribution in [0.5, 0.6) is 5.75 Å². The molecule has 0 aromatic heterocycles. The first-order chi connectivity index (χ1) is 8.95. The molecule has 1 aromatic carbocycles. The first-order valence-electron chi connectivity index (χ1n) is 6.83. The van der Waals surface area contributed by atoms with E-state index in [4.69, 9.17) is 4.74 Å². The van der Waals surface area contributed by atoms with Crippen LogP contribution >= 0.6 is 0 Å². The summed E-state index contributed by atoms with van der Waals surface area (Å²) >= 11 is 0. The molecular formula is C15H24FNO2. The zero-order valence-corrected chi connectivity index (χ0v) is 12.1. The van der Waals surface area contributed by atoms with E-state index in [9.17, 15) is 9.50 Å². The highest BCUT2D eigenvalue weighted by Gasteiger charge is 2.14. The van der Waals surface area contributed by atoms with E-state index in [1.165, 1.54) is 6.07 Å². The van der Waals surface area contributed by atoms with Crippen molar-refractivity contribution in [1.82, 2.24) is 5.32 Å². The molecule has 0 amide bonds. The normalized spacial score (nSPS) is 15.9. The predicted octanol–water partition coefficient (Wildman–Crippen LogP) is 3.03. The van der Waals surface area contributed by atoms with E-state index in [0.29, 0.717) is 0 Å². The molecule has 0 radical (unpaired) electrons. The Morgan fingerprint density at radius 1 is 1.32 bits per heavy atom. The second-order valence-corrected chi connectivity index (χ2v) is 4.93. The van der Waals surface area contributed by atoms with Gasteiger partial charge >= 0.3 is 0 Å². The molecule has 4 heteroatoms. The van der Waals surface area contributed by atoms with Gasteiger partial charge in [-0.2, -0.15) is 0 Å². The summed E-state index contributed by atoms with van der Waals surface area (Å²) in [4.78, 5) is 0. The van der Waals surface area contributed by atoms with Gasteiger partial charge in [-0.05, 0) is 51.4 Å². The van der Waals surface area contributed by atoms with Crippen molar-refractivity contribution >= 4 is 0 Å². The summed E-state index contributed by atoms with van der Waals surface area (Å²) < 4.78 is 19.3. The zero-order valence-electron chi connectivity index (χ0n) is 12.1. The Kier molecular flexibility index (Phi) is 6.25. The monoisotopic (exact) mass is 269 g/mol. The molecule has 3 nitrogen and oxygen atoms in total. The lowest BCUT2D eigenvalue weighted by atomic mass is 10.1. The van der Waals surface area contributed by atoms with Crippen LogP contribution in [0.1, 0.15) is 45.7 Å². The minimum absolute atomic E-state index is 0.109. The average molecular weight is 269 g/mol. The van der Waals surface area contributed by atoms with Gasteiger partial charge in [0, 0.05) is 6.04 Å².